The molecule has 0 fully saturated rings. The molecule has 31 heavy (non-hydrogen) atoms. The molecule has 0 radical (unpaired) electrons. The van der Waals surface area contributed by atoms with Crippen molar-refractivity contribution < 1.29 is 26.1 Å². The van der Waals surface area contributed by atoms with E-state index in [1.165, 1.54) is 12.1 Å². The zero-order valence-corrected chi connectivity index (χ0v) is 18.2. The Labute approximate surface area is 180 Å². The van der Waals surface area contributed by atoms with Crippen LogP contribution in [0.25, 0.3) is 11.1 Å². The number of hydrogen-bond acceptors (Lipinski definition) is 7. The molecule has 2 aromatic carbocycles. The highest BCUT2D eigenvalue weighted by molar-refractivity contribution is 7.86. The van der Waals surface area contributed by atoms with E-state index in [0.29, 0.717) is 22.7 Å². The van der Waals surface area contributed by atoms with Gasteiger partial charge in [-0.25, -0.2) is 13.6 Å². The largest absolute Gasteiger partial charge is 0.489 e. The number of fused-ring (bicyclic) bond motifs is 1. The summed E-state index contributed by atoms with van der Waals surface area (Å²) in [6, 6.07) is 11.1. The van der Waals surface area contributed by atoms with E-state index < -0.39 is 16.3 Å². The Morgan fingerprint density at radius 2 is 2.00 bits per heavy atom. The van der Waals surface area contributed by atoms with Crippen molar-refractivity contribution in [1.29, 1.82) is 0 Å². The Morgan fingerprint density at radius 3 is 2.68 bits per heavy atom. The molecule has 0 aliphatic carbocycles. The first-order valence-electron chi connectivity index (χ1n) is 9.89. The molecule has 0 saturated heterocycles. The number of nitrogens with zero attached hydrogens (tertiary/aromatic N) is 1. The van der Waals surface area contributed by atoms with Gasteiger partial charge in [-0.05, 0) is 37.6 Å². The van der Waals surface area contributed by atoms with Gasteiger partial charge in [0.1, 0.15) is 17.9 Å². The van der Waals surface area contributed by atoms with Crippen molar-refractivity contribution in [3.05, 3.63) is 65.8 Å². The van der Waals surface area contributed by atoms with Gasteiger partial charge >= 0.3 is 0 Å². The zero-order chi connectivity index (χ0) is 22.4. The van der Waals surface area contributed by atoms with Crippen LogP contribution in [0.4, 0.5) is 4.39 Å². The summed E-state index contributed by atoms with van der Waals surface area (Å²) in [4.78, 5) is 4.35. The molecule has 0 amide bonds. The summed E-state index contributed by atoms with van der Waals surface area (Å²) in [5.74, 6) is 1.06. The number of benzene rings is 2. The average Bonchev–Trinajstić information content (AvgIpc) is 3.14. The molecule has 0 spiro atoms. The normalized spacial score (nSPS) is 13.5. The Morgan fingerprint density at radius 1 is 1.26 bits per heavy atom. The smallest absolute Gasteiger partial charge is 0.298 e. The standard InChI is InChI=1S/C22H25FN2O5S/c1-3-4-5-21-25-19-12-17(8-11-20(19)29-21)28-14-16(13-23)22(24)30-31(26,27)18-9-6-15(2)7-10-18/h6-13,22H,3-5,14,24H2,1-2H3/b16-13+. The summed E-state index contributed by atoms with van der Waals surface area (Å²) < 4.78 is 54.3. The van der Waals surface area contributed by atoms with Crippen molar-refractivity contribution in [2.75, 3.05) is 6.61 Å². The third kappa shape index (κ3) is 5.90. The number of nitrogens with two attached hydrogens (primary N) is 1. The maximum atomic E-state index is 13.4. The molecule has 3 aromatic rings. The van der Waals surface area contributed by atoms with Gasteiger partial charge in [-0.1, -0.05) is 31.0 Å². The predicted molar refractivity (Wildman–Crippen MR) is 115 cm³/mol. The van der Waals surface area contributed by atoms with Crippen LogP contribution in [-0.4, -0.2) is 26.2 Å². The fraction of sp³-hybridized carbons (Fsp3) is 0.318. The van der Waals surface area contributed by atoms with Gasteiger partial charge in [-0.3, -0.25) is 0 Å². The lowest BCUT2D eigenvalue weighted by molar-refractivity contribution is 0.225. The number of aryl methyl sites for hydroxylation is 2. The fourth-order valence-corrected chi connectivity index (χ4v) is 3.76. The first kappa shape index (κ1) is 22.9. The minimum atomic E-state index is -4.16. The van der Waals surface area contributed by atoms with Gasteiger partial charge in [0.25, 0.3) is 10.1 Å². The van der Waals surface area contributed by atoms with Crippen LogP contribution in [0.3, 0.4) is 0 Å². The van der Waals surface area contributed by atoms with E-state index >= 15 is 0 Å². The van der Waals surface area contributed by atoms with Crippen LogP contribution < -0.4 is 10.5 Å². The van der Waals surface area contributed by atoms with E-state index in [1.54, 1.807) is 30.3 Å². The molecule has 0 aliphatic heterocycles. The molecule has 0 saturated carbocycles. The third-order valence-corrected chi connectivity index (χ3v) is 5.91. The molecule has 1 atom stereocenters. The minimum absolute atomic E-state index is 0.0666. The van der Waals surface area contributed by atoms with Crippen LogP contribution >= 0.6 is 0 Å². The first-order chi connectivity index (χ1) is 14.8. The van der Waals surface area contributed by atoms with Gasteiger partial charge in [0.2, 0.25) is 0 Å². The number of rotatable bonds is 10. The van der Waals surface area contributed by atoms with Crippen molar-refractivity contribution in [3.63, 3.8) is 0 Å². The fourth-order valence-electron chi connectivity index (χ4n) is 2.78. The molecule has 9 heteroatoms. The zero-order valence-electron chi connectivity index (χ0n) is 17.4. The van der Waals surface area contributed by atoms with Gasteiger partial charge in [0, 0.05) is 18.1 Å². The number of aromatic nitrogens is 1. The molecule has 2 N–H and O–H groups in total. The minimum Gasteiger partial charge on any atom is -0.489 e. The van der Waals surface area contributed by atoms with Crippen LogP contribution in [0.5, 0.6) is 5.75 Å². The highest BCUT2D eigenvalue weighted by atomic mass is 32.2. The van der Waals surface area contributed by atoms with E-state index in [-0.39, 0.29) is 23.4 Å². The molecule has 7 nitrogen and oxygen atoms in total. The molecule has 1 unspecified atom stereocenters. The Bertz CT molecular complexity index is 1160. The average molecular weight is 449 g/mol. The van der Waals surface area contributed by atoms with Crippen molar-refractivity contribution in [2.45, 2.75) is 44.2 Å². The van der Waals surface area contributed by atoms with Gasteiger partial charge in [-0.2, -0.15) is 8.42 Å². The Balaban J connectivity index is 1.64. The summed E-state index contributed by atoms with van der Waals surface area (Å²) in [5, 5.41) is 0. The predicted octanol–water partition coefficient (Wildman–Crippen LogP) is 4.40. The van der Waals surface area contributed by atoms with Crippen LogP contribution in [0, 0.1) is 6.92 Å². The highest BCUT2D eigenvalue weighted by Crippen LogP contribution is 2.23. The van der Waals surface area contributed by atoms with Crippen molar-refractivity contribution in [3.8, 4) is 5.75 Å². The molecule has 3 rings (SSSR count). The van der Waals surface area contributed by atoms with Crippen LogP contribution in [0.2, 0.25) is 0 Å². The molecule has 166 valence electrons. The second-order valence-corrected chi connectivity index (χ2v) is 8.67. The lowest BCUT2D eigenvalue weighted by Gasteiger charge is -2.16. The van der Waals surface area contributed by atoms with Crippen molar-refractivity contribution in [1.82, 2.24) is 4.98 Å². The molecule has 0 aliphatic rings. The quantitative estimate of drug-likeness (QED) is 0.362. The Hall–Kier alpha value is -2.75. The van der Waals surface area contributed by atoms with Crippen LogP contribution in [0.1, 0.15) is 31.2 Å². The van der Waals surface area contributed by atoms with Gasteiger partial charge < -0.3 is 14.9 Å². The molecule has 1 aromatic heterocycles. The summed E-state index contributed by atoms with van der Waals surface area (Å²) >= 11 is 0. The topological polar surface area (TPSA) is 105 Å². The maximum Gasteiger partial charge on any atom is 0.298 e. The summed E-state index contributed by atoms with van der Waals surface area (Å²) in [7, 11) is -4.16. The van der Waals surface area contributed by atoms with Crippen molar-refractivity contribution in [2.24, 2.45) is 5.73 Å². The van der Waals surface area contributed by atoms with E-state index in [9.17, 15) is 12.8 Å². The number of unbranched alkanes of at least 4 members (excludes halogenated alkanes) is 1. The van der Waals surface area contributed by atoms with Crippen LogP contribution in [0.15, 0.2) is 63.7 Å². The summed E-state index contributed by atoms with van der Waals surface area (Å²) in [6.07, 6.45) is 1.41. The number of halogens is 1. The molecule has 0 bridgehead atoms. The van der Waals surface area contributed by atoms with E-state index in [4.69, 9.17) is 19.1 Å². The van der Waals surface area contributed by atoms with Gasteiger partial charge in [-0.15, -0.1) is 0 Å². The number of hydrogen-bond donors (Lipinski definition) is 1. The second kappa shape index (κ2) is 10.0. The van der Waals surface area contributed by atoms with E-state index in [0.717, 1.165) is 24.8 Å². The van der Waals surface area contributed by atoms with Gasteiger partial charge in [0.05, 0.1) is 11.2 Å². The number of oxazole rings is 1. The molecular formula is C22H25FN2O5S. The maximum absolute atomic E-state index is 13.4. The lowest BCUT2D eigenvalue weighted by atomic mass is 10.2. The van der Waals surface area contributed by atoms with Crippen molar-refractivity contribution >= 4 is 21.2 Å². The summed E-state index contributed by atoms with van der Waals surface area (Å²) in [6.45, 7) is 3.62. The lowest BCUT2D eigenvalue weighted by Crippen LogP contribution is -2.31. The molecular weight excluding hydrogens is 423 g/mol. The Kier molecular flexibility index (Phi) is 7.42. The summed E-state index contributed by atoms with van der Waals surface area (Å²) in [5.41, 5.74) is 7.74. The van der Waals surface area contributed by atoms with E-state index in [1.807, 2.05) is 6.92 Å². The monoisotopic (exact) mass is 448 g/mol. The number of ether oxygens (including phenoxy) is 1. The highest BCUT2D eigenvalue weighted by Gasteiger charge is 2.22. The van der Waals surface area contributed by atoms with Crippen LogP contribution in [-0.2, 0) is 20.7 Å². The van der Waals surface area contributed by atoms with E-state index in [2.05, 4.69) is 11.9 Å². The SMILES string of the molecule is CCCCc1nc2cc(OC/C(=C\F)C(N)OS(=O)(=O)c3ccc(C)cc3)ccc2o1. The van der Waals surface area contributed by atoms with Gasteiger partial charge in [0.15, 0.2) is 17.7 Å². The third-order valence-electron chi connectivity index (χ3n) is 4.60. The second-order valence-electron chi connectivity index (χ2n) is 7.10. The first-order valence-corrected chi connectivity index (χ1v) is 11.3. The molecule has 1 heterocycles.